The minimum Gasteiger partial charge on any atom is -0.383 e. The highest BCUT2D eigenvalue weighted by Crippen LogP contribution is 2.69. The number of hydrogen-bond donors (Lipinski definition) is 3. The summed E-state index contributed by atoms with van der Waals surface area (Å²) in [5.74, 6) is -0.432. The molecule has 3 N–H and O–H groups in total. The first-order valence-electron chi connectivity index (χ1n) is 15.9. The van der Waals surface area contributed by atoms with Crippen LogP contribution in [0.1, 0.15) is 58.8 Å². The molecule has 46 heavy (non-hydrogen) atoms. The van der Waals surface area contributed by atoms with Crippen LogP contribution in [0.3, 0.4) is 0 Å². The van der Waals surface area contributed by atoms with Crippen LogP contribution in [0.25, 0.3) is 0 Å². The number of carbonyl (C=O) groups excluding carboxylic acids is 2. The lowest BCUT2D eigenvalue weighted by Crippen LogP contribution is -2.51. The van der Waals surface area contributed by atoms with Crippen LogP contribution in [-0.4, -0.2) is 93.5 Å². The standard InChI is InChI=1S/C32H44F3N3O7S/c1-30(2)19-45-27(20-7-9-23(44-3)10-8-20)25-18-31(25,30)29(41)36-14-11-26(39)28(40)38-15-12-21(13-16-38)37-22-5-4-6-24(17-22)46(42,43)32(33,34)35/h4-7,17,21,23,25-27,37,39H,8-16,18-19H2,1-3H3,(H,36,41). The number of rotatable bonds is 10. The zero-order valence-corrected chi connectivity index (χ0v) is 27.3. The van der Waals surface area contributed by atoms with Crippen LogP contribution in [0.5, 0.6) is 0 Å². The summed E-state index contributed by atoms with van der Waals surface area (Å²) < 4.78 is 74.1. The summed E-state index contributed by atoms with van der Waals surface area (Å²) >= 11 is 0. The molecule has 0 bridgehead atoms. The second-order valence-corrected chi connectivity index (χ2v) is 15.5. The van der Waals surface area contributed by atoms with Gasteiger partial charge in [0.05, 0.1) is 29.1 Å². The molecule has 0 radical (unpaired) electrons. The molecule has 3 fully saturated rings. The number of aliphatic hydroxyl groups is 1. The first kappa shape index (κ1) is 34.6. The van der Waals surface area contributed by atoms with Gasteiger partial charge in [-0.05, 0) is 68.7 Å². The predicted octanol–water partition coefficient (Wildman–Crippen LogP) is 3.81. The summed E-state index contributed by atoms with van der Waals surface area (Å²) in [7, 11) is -3.74. The van der Waals surface area contributed by atoms with E-state index >= 15 is 0 Å². The summed E-state index contributed by atoms with van der Waals surface area (Å²) in [4.78, 5) is 27.2. The second-order valence-electron chi connectivity index (χ2n) is 13.6. The number of benzene rings is 1. The molecule has 1 aromatic carbocycles. The van der Waals surface area contributed by atoms with Gasteiger partial charge < -0.3 is 30.1 Å². The number of anilines is 1. The molecule has 0 spiro atoms. The molecule has 2 saturated heterocycles. The first-order valence-corrected chi connectivity index (χ1v) is 17.4. The first-order chi connectivity index (χ1) is 21.6. The average molecular weight is 672 g/mol. The van der Waals surface area contributed by atoms with Crippen molar-refractivity contribution in [2.45, 2.75) is 93.6 Å². The Hall–Kier alpha value is -2.68. The van der Waals surface area contributed by atoms with Gasteiger partial charge in [-0.1, -0.05) is 26.0 Å². The third-order valence-electron chi connectivity index (χ3n) is 10.3. The molecule has 2 heterocycles. The smallest absolute Gasteiger partial charge is 0.383 e. The minimum atomic E-state index is -5.46. The van der Waals surface area contributed by atoms with Crippen molar-refractivity contribution >= 4 is 27.3 Å². The van der Waals surface area contributed by atoms with E-state index in [1.165, 1.54) is 22.6 Å². The van der Waals surface area contributed by atoms with E-state index in [1.807, 2.05) is 0 Å². The van der Waals surface area contributed by atoms with Gasteiger partial charge in [-0.15, -0.1) is 0 Å². The van der Waals surface area contributed by atoms with E-state index in [0.717, 1.165) is 37.8 Å². The monoisotopic (exact) mass is 671 g/mol. The van der Waals surface area contributed by atoms with Gasteiger partial charge in [-0.3, -0.25) is 9.59 Å². The summed E-state index contributed by atoms with van der Waals surface area (Å²) in [6.45, 7) is 5.34. The molecule has 2 amide bonds. The van der Waals surface area contributed by atoms with E-state index in [0.29, 0.717) is 32.5 Å². The zero-order valence-electron chi connectivity index (χ0n) is 26.4. The van der Waals surface area contributed by atoms with E-state index in [1.54, 1.807) is 7.11 Å². The SMILES string of the molecule is COC1CC=C(C2OCC(C)(C)C3(C(=O)NCCC(O)C(=O)N4CCC(Nc5cccc(S(=O)(=O)C(F)(F)F)c5)CC4)CC23)CC1. The van der Waals surface area contributed by atoms with Crippen LogP contribution >= 0.6 is 0 Å². The molecule has 5 rings (SSSR count). The Morgan fingerprint density at radius 1 is 1.20 bits per heavy atom. The van der Waals surface area contributed by atoms with Crippen molar-refractivity contribution in [1.82, 2.24) is 10.2 Å². The van der Waals surface area contributed by atoms with Crippen molar-refractivity contribution in [2.75, 3.05) is 38.7 Å². The molecule has 256 valence electrons. The van der Waals surface area contributed by atoms with Crippen LogP contribution in [-0.2, 0) is 28.9 Å². The maximum absolute atomic E-state index is 13.6. The second kappa shape index (κ2) is 13.1. The summed E-state index contributed by atoms with van der Waals surface area (Å²) in [6, 6.07) is 4.38. The fraction of sp³-hybridized carbons (Fsp3) is 0.688. The number of amides is 2. The number of piperidine rings is 1. The predicted molar refractivity (Wildman–Crippen MR) is 163 cm³/mol. The van der Waals surface area contributed by atoms with Crippen LogP contribution in [0.4, 0.5) is 18.9 Å². The lowest BCUT2D eigenvalue weighted by atomic mass is 9.71. The van der Waals surface area contributed by atoms with Crippen molar-refractivity contribution in [3.63, 3.8) is 0 Å². The number of nitrogens with one attached hydrogen (secondary N) is 2. The lowest BCUT2D eigenvalue weighted by molar-refractivity contribution is -0.144. The quantitative estimate of drug-likeness (QED) is 0.320. The molecule has 14 heteroatoms. The number of sulfone groups is 1. The van der Waals surface area contributed by atoms with Gasteiger partial charge in [0.1, 0.15) is 6.10 Å². The molecule has 2 aliphatic carbocycles. The number of hydrogen-bond acceptors (Lipinski definition) is 8. The Kier molecular flexibility index (Phi) is 9.85. The van der Waals surface area contributed by atoms with Crippen molar-refractivity contribution in [3.8, 4) is 0 Å². The molecule has 10 nitrogen and oxygen atoms in total. The number of fused-ring (bicyclic) bond motifs is 1. The van der Waals surface area contributed by atoms with E-state index < -0.39 is 37.7 Å². The molecule has 5 atom stereocenters. The Labute approximate surface area is 268 Å². The molecule has 0 aromatic heterocycles. The van der Waals surface area contributed by atoms with E-state index in [-0.39, 0.29) is 54.1 Å². The van der Waals surface area contributed by atoms with Gasteiger partial charge in [-0.2, -0.15) is 13.2 Å². The maximum atomic E-state index is 13.6. The number of likely N-dealkylation sites (tertiary alicyclic amines) is 1. The van der Waals surface area contributed by atoms with Gasteiger partial charge in [0, 0.05) is 49.8 Å². The average Bonchev–Trinajstić information content (AvgIpc) is 3.79. The van der Waals surface area contributed by atoms with E-state index in [4.69, 9.17) is 9.47 Å². The third-order valence-corrected chi connectivity index (χ3v) is 11.8. The molecule has 4 aliphatic rings. The molecule has 1 aromatic rings. The Morgan fingerprint density at radius 2 is 1.91 bits per heavy atom. The largest absolute Gasteiger partial charge is 0.501 e. The number of carbonyl (C=O) groups is 2. The Morgan fingerprint density at radius 3 is 2.54 bits per heavy atom. The van der Waals surface area contributed by atoms with Gasteiger partial charge in [0.2, 0.25) is 5.91 Å². The van der Waals surface area contributed by atoms with E-state index in [2.05, 4.69) is 30.6 Å². The summed E-state index contributed by atoms with van der Waals surface area (Å²) in [5, 5.41) is 16.7. The molecule has 5 unspecified atom stereocenters. The minimum absolute atomic E-state index is 0.0634. The number of nitrogens with zero attached hydrogens (tertiary/aromatic N) is 1. The Bertz CT molecular complexity index is 1440. The van der Waals surface area contributed by atoms with Crippen LogP contribution in [0, 0.1) is 16.7 Å². The highest BCUT2D eigenvalue weighted by atomic mass is 32.2. The fourth-order valence-corrected chi connectivity index (χ4v) is 8.20. The normalized spacial score (nSPS) is 28.9. The van der Waals surface area contributed by atoms with Crippen molar-refractivity contribution in [2.24, 2.45) is 16.7 Å². The lowest BCUT2D eigenvalue weighted by Gasteiger charge is -2.42. The fourth-order valence-electron chi connectivity index (χ4n) is 7.39. The molecule has 2 aliphatic heterocycles. The number of methoxy groups -OCH3 is 1. The summed E-state index contributed by atoms with van der Waals surface area (Å²) in [5.41, 5.74) is -4.84. The van der Waals surface area contributed by atoms with Gasteiger partial charge >= 0.3 is 5.51 Å². The van der Waals surface area contributed by atoms with Crippen LogP contribution in [0.2, 0.25) is 0 Å². The highest BCUT2D eigenvalue weighted by Gasteiger charge is 2.72. The van der Waals surface area contributed by atoms with Crippen molar-refractivity contribution in [3.05, 3.63) is 35.9 Å². The topological polar surface area (TPSA) is 134 Å². The van der Waals surface area contributed by atoms with Crippen LogP contribution < -0.4 is 10.6 Å². The van der Waals surface area contributed by atoms with E-state index in [9.17, 15) is 36.3 Å². The van der Waals surface area contributed by atoms with Gasteiger partial charge in [-0.25, -0.2) is 8.42 Å². The Balaban J connectivity index is 1.08. The van der Waals surface area contributed by atoms with Crippen molar-refractivity contribution in [1.29, 1.82) is 0 Å². The molecular formula is C32H44F3N3O7S. The third kappa shape index (κ3) is 6.67. The number of alkyl halides is 3. The number of ether oxygens (including phenoxy) is 2. The van der Waals surface area contributed by atoms with Gasteiger partial charge in [0.25, 0.3) is 15.7 Å². The number of aliphatic hydroxyl groups excluding tert-OH is 1. The highest BCUT2D eigenvalue weighted by molar-refractivity contribution is 7.92. The van der Waals surface area contributed by atoms with Crippen LogP contribution in [0.15, 0.2) is 40.8 Å². The molecular weight excluding hydrogens is 627 g/mol. The van der Waals surface area contributed by atoms with Crippen molar-refractivity contribution < 1.29 is 45.8 Å². The molecule has 1 saturated carbocycles. The number of halogens is 3. The zero-order chi connectivity index (χ0) is 33.5. The maximum Gasteiger partial charge on any atom is 0.501 e. The van der Waals surface area contributed by atoms with Gasteiger partial charge in [0.15, 0.2) is 0 Å². The summed E-state index contributed by atoms with van der Waals surface area (Å²) in [6.07, 6.45) is 5.40.